The number of rotatable bonds is 45. The molecule has 0 rings (SSSR count). The van der Waals surface area contributed by atoms with Crippen molar-refractivity contribution in [2.24, 2.45) is 5.92 Å². The van der Waals surface area contributed by atoms with Crippen LogP contribution in [0.5, 0.6) is 0 Å². The molecule has 2 atom stereocenters. The van der Waals surface area contributed by atoms with Crippen LogP contribution in [0.3, 0.4) is 0 Å². The molecule has 0 saturated heterocycles. The van der Waals surface area contributed by atoms with Gasteiger partial charge in [0.15, 0.2) is 0 Å². The summed E-state index contributed by atoms with van der Waals surface area (Å²) in [5, 5.41) is 35.0. The van der Waals surface area contributed by atoms with E-state index in [-0.39, 0.29) is 270 Å². The zero-order valence-electron chi connectivity index (χ0n) is 42.3. The number of amides is 3. The predicted octanol–water partition coefficient (Wildman–Crippen LogP) is 6.55. The van der Waals surface area contributed by atoms with Gasteiger partial charge in [0.2, 0.25) is 17.7 Å². The number of hydrogen-bond donors (Lipinski definition) is 6. The van der Waals surface area contributed by atoms with E-state index >= 15 is 0 Å². The maximum Gasteiger partial charge on any atom is 0.326 e. The number of carboxylic acid groups (broad SMARTS) is 3. The molecule has 0 aromatic heterocycles. The fraction of sp³-hybridized carbons (Fsp3) is 0.837. The summed E-state index contributed by atoms with van der Waals surface area (Å²) in [6, 6.07) is -1.10. The number of aliphatic carboxylic acids is 3. The Balaban J connectivity index is -0.000000264. The molecule has 0 bridgehead atoms. The van der Waals surface area contributed by atoms with Gasteiger partial charge < -0.3 is 50.2 Å². The van der Waals surface area contributed by atoms with E-state index in [4.69, 9.17) is 29.2 Å². The van der Waals surface area contributed by atoms with Gasteiger partial charge in [0, 0.05) is 45.4 Å². The van der Waals surface area contributed by atoms with Crippen molar-refractivity contribution in [2.45, 2.75) is 161 Å². The van der Waals surface area contributed by atoms with Crippen LogP contribution in [-0.4, -0.2) is 129 Å². The van der Waals surface area contributed by atoms with Crippen LogP contribution in [0.2, 0.25) is 0 Å². The Morgan fingerprint density at radius 1 is 0.375 bits per heavy atom. The predicted molar refractivity (Wildman–Crippen MR) is 349 cm³/mol. The second kappa shape index (κ2) is 78.0. The average Bonchev–Trinajstić information content (AvgIpc) is 3.20. The van der Waals surface area contributed by atoms with Gasteiger partial charge in [-0.25, -0.2) is 4.79 Å². The molecule has 0 radical (unpaired) electrons. The zero-order chi connectivity index (χ0) is 44.5. The summed E-state index contributed by atoms with van der Waals surface area (Å²) < 4.78 is 21.3. The molecule has 0 spiro atoms. The number of hydrogen-bond acceptors (Lipinski definition) is 11. The molecule has 6 N–H and O–H groups in total. The van der Waals surface area contributed by atoms with Gasteiger partial charge >= 0.3 is 17.9 Å². The Morgan fingerprint density at radius 3 is 1.21 bits per heavy atom. The highest BCUT2D eigenvalue weighted by atomic mass is 32.1. The monoisotopic (exact) mass is 1270 g/mol. The van der Waals surface area contributed by atoms with Crippen LogP contribution in [0.15, 0.2) is 0 Å². The molecule has 17 nitrogen and oxygen atoms in total. The van der Waals surface area contributed by atoms with E-state index < -0.39 is 29.9 Å². The van der Waals surface area contributed by atoms with E-state index in [0.717, 1.165) is 38.5 Å². The van der Waals surface area contributed by atoms with Crippen molar-refractivity contribution in [3.8, 4) is 0 Å². The van der Waals surface area contributed by atoms with E-state index in [1.807, 2.05) is 0 Å². The summed E-state index contributed by atoms with van der Waals surface area (Å²) in [6.45, 7) is 3.61. The number of ether oxygens (including phenoxy) is 4. The molecule has 0 aromatic carbocycles. The highest BCUT2D eigenvalue weighted by Crippen LogP contribution is 2.14. The van der Waals surface area contributed by atoms with Crippen molar-refractivity contribution in [1.29, 1.82) is 0 Å². The lowest BCUT2D eigenvalue weighted by molar-refractivity contribution is -0.142. The van der Waals surface area contributed by atoms with E-state index in [1.54, 1.807) is 6.92 Å². The molecule has 0 fully saturated rings. The van der Waals surface area contributed by atoms with Crippen LogP contribution in [0.4, 0.5) is 0 Å². The van der Waals surface area contributed by atoms with Gasteiger partial charge in [-0.3, -0.25) is 28.8 Å². The average molecular weight is 1270 g/mol. The van der Waals surface area contributed by atoms with E-state index in [2.05, 4.69) is 16.0 Å². The quantitative estimate of drug-likeness (QED) is 0.0354. The number of ketones is 1. The SMILES string of the molecule is C[C@@H](CCCCNC(=O)COCCOCCNC(=O)COCCOCCCC(=O)CC[C@H](NC(=O)CCCCCCCCCCCCCCCCC(=O)O)C(=O)O)C(=O)O.S.S.S.S.S.S.S.S.S.S.S.S. The number of carbonyl (C=O) groups excluding carboxylic acids is 4. The normalized spacial score (nSPS) is 10.1. The Labute approximate surface area is 515 Å². The van der Waals surface area contributed by atoms with Crippen molar-refractivity contribution in [3.63, 3.8) is 0 Å². The molecule has 0 aliphatic carbocycles. The second-order valence-corrected chi connectivity index (χ2v) is 15.2. The van der Waals surface area contributed by atoms with Crippen LogP contribution < -0.4 is 16.0 Å². The molecule has 0 aromatic rings. The summed E-state index contributed by atoms with van der Waals surface area (Å²) >= 11 is 0. The molecule has 0 saturated carbocycles. The highest BCUT2D eigenvalue weighted by molar-refractivity contribution is 7.60. The van der Waals surface area contributed by atoms with Crippen molar-refractivity contribution >= 4 is 203 Å². The van der Waals surface area contributed by atoms with Crippen molar-refractivity contribution in [2.75, 3.05) is 65.9 Å². The summed E-state index contributed by atoms with van der Waals surface area (Å²) in [7, 11) is 0. The standard InChI is InChI=1S/C43H77N3O14.12H2S/c1-35(42(53)54)19-16-17-25-44-39(49)33-60-32-30-58-28-26-45-40(50)34-59-31-29-57-27-18-20-36(47)23-24-37(43(55)56)46-38(48)21-14-12-10-8-6-4-2-3-5-7-9-11-13-15-22-41(51)52;;;;;;;;;;;;/h35,37H,2-34H2,1H3,(H,44,49)(H,45,50)(H,46,48)(H,51,52)(H,53,54)(H,55,56);12*1H2/t35-,37-;;;;;;;;;;;;/m0............/s1. The molecular formula is C43H101N3O14S12. The Bertz CT molecular complexity index is 1220. The maximum atomic E-state index is 12.3. The first kappa shape index (κ1) is 105. The van der Waals surface area contributed by atoms with Gasteiger partial charge in [0.05, 0.1) is 39.0 Å². The lowest BCUT2D eigenvalue weighted by atomic mass is 10.0. The number of carbonyl (C=O) groups is 7. The third kappa shape index (κ3) is 77.0. The van der Waals surface area contributed by atoms with E-state index in [9.17, 15) is 38.7 Å². The Hall–Kier alpha value is 0.530. The van der Waals surface area contributed by atoms with Gasteiger partial charge in [0.25, 0.3) is 0 Å². The largest absolute Gasteiger partial charge is 0.481 e. The molecule has 0 heterocycles. The van der Waals surface area contributed by atoms with Gasteiger partial charge in [-0.2, -0.15) is 162 Å². The Kier molecular flexibility index (Phi) is 113. The summed E-state index contributed by atoms with van der Waals surface area (Å²) in [5.74, 6) is -4.07. The van der Waals surface area contributed by atoms with E-state index in [0.29, 0.717) is 45.3 Å². The lowest BCUT2D eigenvalue weighted by Gasteiger charge is -2.14. The second-order valence-electron chi connectivity index (χ2n) is 15.2. The first-order valence-electron chi connectivity index (χ1n) is 22.2. The van der Waals surface area contributed by atoms with Crippen LogP contribution >= 0.6 is 162 Å². The molecule has 72 heavy (non-hydrogen) atoms. The molecular weight excluding hydrogens is 1170 g/mol. The third-order valence-corrected chi connectivity index (χ3v) is 9.72. The van der Waals surface area contributed by atoms with Crippen LogP contribution in [0, 0.1) is 5.92 Å². The molecule has 29 heteroatoms. The van der Waals surface area contributed by atoms with Gasteiger partial charge in [-0.15, -0.1) is 0 Å². The van der Waals surface area contributed by atoms with Gasteiger partial charge in [-0.1, -0.05) is 90.4 Å². The fourth-order valence-electron chi connectivity index (χ4n) is 6.07. The van der Waals surface area contributed by atoms with E-state index in [1.165, 1.54) is 44.9 Å². The van der Waals surface area contributed by atoms with Crippen molar-refractivity contribution in [1.82, 2.24) is 16.0 Å². The van der Waals surface area contributed by atoms with Crippen LogP contribution in [0.25, 0.3) is 0 Å². The number of Topliss-reactive ketones (excluding diaryl/α,β-unsaturated/α-hetero) is 1. The van der Waals surface area contributed by atoms with Gasteiger partial charge in [-0.05, 0) is 38.5 Å². The summed E-state index contributed by atoms with van der Waals surface area (Å²) in [5.41, 5.74) is 0. The minimum atomic E-state index is -1.16. The van der Waals surface area contributed by atoms with Gasteiger partial charge in [0.1, 0.15) is 25.0 Å². The van der Waals surface area contributed by atoms with Crippen LogP contribution in [-0.2, 0) is 52.5 Å². The summed E-state index contributed by atoms with van der Waals surface area (Å²) in [4.78, 5) is 81.2. The molecule has 0 aliphatic heterocycles. The number of unbranched alkanes of at least 4 members (excludes halogenated alkanes) is 14. The topological polar surface area (TPSA) is 253 Å². The number of nitrogens with one attached hydrogen (secondary N) is 3. The zero-order valence-corrected chi connectivity index (χ0v) is 54.3. The fourth-order valence-corrected chi connectivity index (χ4v) is 6.07. The molecule has 3 amide bonds. The van der Waals surface area contributed by atoms with Crippen LogP contribution in [0.1, 0.15) is 155 Å². The van der Waals surface area contributed by atoms with Crippen molar-refractivity contribution < 1.29 is 67.8 Å². The smallest absolute Gasteiger partial charge is 0.326 e. The lowest BCUT2D eigenvalue weighted by Crippen LogP contribution is -2.41. The molecule has 0 aliphatic rings. The number of carboxylic acids is 3. The minimum Gasteiger partial charge on any atom is -0.481 e. The third-order valence-electron chi connectivity index (χ3n) is 9.72. The molecule has 0 unspecified atom stereocenters. The summed E-state index contributed by atoms with van der Waals surface area (Å²) in [6.07, 6.45) is 18.4. The minimum absolute atomic E-state index is 0. The molecule has 444 valence electrons. The highest BCUT2D eigenvalue weighted by Gasteiger charge is 2.21. The maximum absolute atomic E-state index is 12.3. The van der Waals surface area contributed by atoms with Crippen molar-refractivity contribution in [3.05, 3.63) is 0 Å². The first-order valence-corrected chi connectivity index (χ1v) is 22.2. The first-order chi connectivity index (χ1) is 28.9. The Morgan fingerprint density at radius 2 is 0.778 bits per heavy atom.